The standard InChI is InChI=1S/C20H20N4O2S/c1-12-17(18-22-19(26-23-18)16-6-3-9-27-16)15-7-8-24(11-14(15)10-21-12)20(25)13-4-2-5-13/h3,6,9-10,13H,2,4-5,7-8,11H2,1H3. The van der Waals surface area contributed by atoms with Gasteiger partial charge >= 0.3 is 0 Å². The average Bonchev–Trinajstić information content (AvgIpc) is 3.31. The van der Waals surface area contributed by atoms with E-state index in [0.29, 0.717) is 24.2 Å². The van der Waals surface area contributed by atoms with Crippen molar-refractivity contribution < 1.29 is 9.32 Å². The molecule has 0 N–H and O–H groups in total. The number of rotatable bonds is 3. The maximum atomic E-state index is 12.6. The highest BCUT2D eigenvalue weighted by Gasteiger charge is 2.32. The quantitative estimate of drug-likeness (QED) is 0.690. The van der Waals surface area contributed by atoms with Crippen LogP contribution < -0.4 is 0 Å². The highest BCUT2D eigenvalue weighted by Crippen LogP contribution is 2.34. The van der Waals surface area contributed by atoms with Crippen molar-refractivity contribution in [1.29, 1.82) is 0 Å². The lowest BCUT2D eigenvalue weighted by atomic mass is 9.83. The number of carbonyl (C=O) groups excluding carboxylic acids is 1. The van der Waals surface area contributed by atoms with Crippen LogP contribution in [0.5, 0.6) is 0 Å². The zero-order chi connectivity index (χ0) is 18.4. The Kier molecular flexibility index (Phi) is 4.04. The third-order valence-corrected chi connectivity index (χ3v) is 6.46. The van der Waals surface area contributed by atoms with Crippen molar-refractivity contribution in [3.05, 3.63) is 40.5 Å². The summed E-state index contributed by atoms with van der Waals surface area (Å²) in [5.41, 5.74) is 4.14. The molecule has 0 saturated heterocycles. The van der Waals surface area contributed by atoms with Crippen LogP contribution in [0, 0.1) is 12.8 Å². The molecule has 0 unspecified atom stereocenters. The first-order valence-corrected chi connectivity index (χ1v) is 10.2. The highest BCUT2D eigenvalue weighted by molar-refractivity contribution is 7.13. The van der Waals surface area contributed by atoms with Crippen molar-refractivity contribution in [3.63, 3.8) is 0 Å². The molecule has 1 amide bonds. The largest absolute Gasteiger partial charge is 0.338 e. The molecule has 2 aliphatic rings. The van der Waals surface area contributed by atoms with Gasteiger partial charge in [0.1, 0.15) is 0 Å². The molecule has 0 spiro atoms. The van der Waals surface area contributed by atoms with E-state index in [1.165, 1.54) is 12.0 Å². The summed E-state index contributed by atoms with van der Waals surface area (Å²) in [5, 5.41) is 6.21. The molecule has 0 atom stereocenters. The van der Waals surface area contributed by atoms with Crippen molar-refractivity contribution in [2.24, 2.45) is 5.92 Å². The maximum Gasteiger partial charge on any atom is 0.268 e. The van der Waals surface area contributed by atoms with Crippen LogP contribution in [0.15, 0.2) is 28.2 Å². The second kappa shape index (κ2) is 6.56. The Balaban J connectivity index is 1.47. The number of aryl methyl sites for hydroxylation is 1. The van der Waals surface area contributed by atoms with E-state index in [4.69, 9.17) is 4.52 Å². The van der Waals surface area contributed by atoms with Crippen LogP contribution in [0.3, 0.4) is 0 Å². The van der Waals surface area contributed by atoms with E-state index >= 15 is 0 Å². The van der Waals surface area contributed by atoms with Gasteiger partial charge in [0.2, 0.25) is 11.7 Å². The van der Waals surface area contributed by atoms with Gasteiger partial charge in [-0.3, -0.25) is 9.78 Å². The minimum absolute atomic E-state index is 0.231. The second-order valence-corrected chi connectivity index (χ2v) is 8.21. The lowest BCUT2D eigenvalue weighted by molar-refractivity contribution is -0.139. The van der Waals surface area contributed by atoms with E-state index in [-0.39, 0.29) is 5.92 Å². The summed E-state index contributed by atoms with van der Waals surface area (Å²) in [7, 11) is 0. The van der Waals surface area contributed by atoms with Crippen LogP contribution in [-0.4, -0.2) is 32.5 Å². The lowest BCUT2D eigenvalue weighted by Gasteiger charge is -2.35. The number of thiophene rings is 1. The number of amides is 1. The van der Waals surface area contributed by atoms with Crippen molar-refractivity contribution in [2.75, 3.05) is 6.54 Å². The molecule has 138 valence electrons. The number of aromatic nitrogens is 3. The van der Waals surface area contributed by atoms with Gasteiger partial charge in [-0.1, -0.05) is 17.6 Å². The Morgan fingerprint density at radius 3 is 3.00 bits per heavy atom. The lowest BCUT2D eigenvalue weighted by Crippen LogP contribution is -2.42. The summed E-state index contributed by atoms with van der Waals surface area (Å²) in [5.74, 6) is 1.65. The molecule has 1 aliphatic carbocycles. The predicted octanol–water partition coefficient (Wildman–Crippen LogP) is 3.85. The number of nitrogens with zero attached hydrogens (tertiary/aromatic N) is 4. The van der Waals surface area contributed by atoms with Gasteiger partial charge in [-0.05, 0) is 48.8 Å². The summed E-state index contributed by atoms with van der Waals surface area (Å²) < 4.78 is 5.48. The number of hydrogen-bond donors (Lipinski definition) is 0. The molecule has 3 aromatic rings. The van der Waals surface area contributed by atoms with E-state index in [1.54, 1.807) is 11.3 Å². The molecule has 4 heterocycles. The molecule has 27 heavy (non-hydrogen) atoms. The first-order chi connectivity index (χ1) is 13.2. The number of hydrogen-bond acceptors (Lipinski definition) is 6. The van der Waals surface area contributed by atoms with Crippen LogP contribution >= 0.6 is 11.3 Å². The van der Waals surface area contributed by atoms with Crippen molar-refractivity contribution >= 4 is 17.2 Å². The van der Waals surface area contributed by atoms with Crippen LogP contribution in [0.2, 0.25) is 0 Å². The molecule has 1 saturated carbocycles. The van der Waals surface area contributed by atoms with Crippen LogP contribution in [0.1, 0.15) is 36.1 Å². The smallest absolute Gasteiger partial charge is 0.268 e. The second-order valence-electron chi connectivity index (χ2n) is 7.26. The molecule has 7 heteroatoms. The maximum absolute atomic E-state index is 12.6. The third-order valence-electron chi connectivity index (χ3n) is 5.61. The molecule has 0 radical (unpaired) electrons. The van der Waals surface area contributed by atoms with Crippen LogP contribution in [0.25, 0.3) is 22.2 Å². The molecular weight excluding hydrogens is 360 g/mol. The fourth-order valence-electron chi connectivity index (χ4n) is 3.87. The molecule has 3 aromatic heterocycles. The Bertz CT molecular complexity index is 992. The minimum Gasteiger partial charge on any atom is -0.338 e. The fraction of sp³-hybridized carbons (Fsp3) is 0.400. The zero-order valence-corrected chi connectivity index (χ0v) is 16.0. The molecule has 0 bridgehead atoms. The molecular formula is C20H20N4O2S. The first kappa shape index (κ1) is 16.6. The van der Waals surface area contributed by atoms with Crippen LogP contribution in [0.4, 0.5) is 0 Å². The van der Waals surface area contributed by atoms with Gasteiger partial charge in [0.15, 0.2) is 0 Å². The van der Waals surface area contributed by atoms with E-state index in [0.717, 1.165) is 47.5 Å². The summed E-state index contributed by atoms with van der Waals surface area (Å²) in [4.78, 5) is 24.7. The van der Waals surface area contributed by atoms with E-state index < -0.39 is 0 Å². The normalized spacial score (nSPS) is 16.9. The Hall–Kier alpha value is -2.54. The molecule has 1 aliphatic heterocycles. The topological polar surface area (TPSA) is 72.1 Å². The fourth-order valence-corrected chi connectivity index (χ4v) is 4.52. The van der Waals surface area contributed by atoms with Gasteiger partial charge in [0.05, 0.1) is 4.88 Å². The van der Waals surface area contributed by atoms with Crippen molar-refractivity contribution in [1.82, 2.24) is 20.0 Å². The number of pyridine rings is 1. The van der Waals surface area contributed by atoms with Gasteiger partial charge < -0.3 is 9.42 Å². The number of fused-ring (bicyclic) bond motifs is 1. The van der Waals surface area contributed by atoms with Gasteiger partial charge in [-0.15, -0.1) is 11.3 Å². The monoisotopic (exact) mass is 380 g/mol. The number of carbonyl (C=O) groups is 1. The molecule has 5 rings (SSSR count). The molecule has 1 fully saturated rings. The minimum atomic E-state index is 0.231. The summed E-state index contributed by atoms with van der Waals surface area (Å²) in [6.45, 7) is 3.34. The molecule has 6 nitrogen and oxygen atoms in total. The Morgan fingerprint density at radius 2 is 2.26 bits per heavy atom. The van der Waals surface area contributed by atoms with Crippen molar-refractivity contribution in [3.8, 4) is 22.2 Å². The Morgan fingerprint density at radius 1 is 1.37 bits per heavy atom. The zero-order valence-electron chi connectivity index (χ0n) is 15.1. The summed E-state index contributed by atoms with van der Waals surface area (Å²) in [6, 6.07) is 3.94. The first-order valence-electron chi connectivity index (χ1n) is 9.35. The summed E-state index contributed by atoms with van der Waals surface area (Å²) in [6.07, 6.45) is 5.95. The van der Waals surface area contributed by atoms with Gasteiger partial charge in [0, 0.05) is 36.5 Å². The van der Waals surface area contributed by atoms with E-state index in [2.05, 4.69) is 15.1 Å². The highest BCUT2D eigenvalue weighted by atomic mass is 32.1. The van der Waals surface area contributed by atoms with E-state index in [9.17, 15) is 4.79 Å². The van der Waals surface area contributed by atoms with Crippen LogP contribution in [-0.2, 0) is 17.8 Å². The third kappa shape index (κ3) is 2.86. The van der Waals surface area contributed by atoms with E-state index in [1.807, 2.05) is 35.5 Å². The average molecular weight is 380 g/mol. The molecule has 0 aromatic carbocycles. The van der Waals surface area contributed by atoms with Gasteiger partial charge in [-0.25, -0.2) is 0 Å². The summed E-state index contributed by atoms with van der Waals surface area (Å²) >= 11 is 1.58. The van der Waals surface area contributed by atoms with Crippen molar-refractivity contribution in [2.45, 2.75) is 39.2 Å². The van der Waals surface area contributed by atoms with Gasteiger partial charge in [0.25, 0.3) is 5.89 Å². The SMILES string of the molecule is Cc1ncc2c(c1-c1noc(-c3cccs3)n1)CCN(C(=O)C1CCC1)C2. The van der Waals surface area contributed by atoms with Gasteiger partial charge in [-0.2, -0.15) is 4.98 Å². The predicted molar refractivity (Wildman–Crippen MR) is 102 cm³/mol. The Labute approximate surface area is 161 Å².